The van der Waals surface area contributed by atoms with Crippen LogP contribution in [0.5, 0.6) is 0 Å². The van der Waals surface area contributed by atoms with Gasteiger partial charge in [-0.25, -0.2) is 9.97 Å². The first-order valence-corrected chi connectivity index (χ1v) is 5.97. The van der Waals surface area contributed by atoms with Crippen molar-refractivity contribution in [2.45, 2.75) is 19.3 Å². The van der Waals surface area contributed by atoms with Gasteiger partial charge in [-0.3, -0.25) is 0 Å². The van der Waals surface area contributed by atoms with Crippen molar-refractivity contribution in [1.29, 1.82) is 5.26 Å². The lowest BCUT2D eigenvalue weighted by Gasteiger charge is -2.06. The molecule has 0 unspecified atom stereocenters. The van der Waals surface area contributed by atoms with Crippen LogP contribution in [0.2, 0.25) is 0 Å². The summed E-state index contributed by atoms with van der Waals surface area (Å²) in [6.07, 6.45) is 5.14. The third-order valence-electron chi connectivity index (χ3n) is 3.12. The molecule has 0 saturated heterocycles. The maximum absolute atomic E-state index is 8.79. The predicted molar refractivity (Wildman–Crippen MR) is 68.5 cm³/mol. The number of nitrogens with zero attached hydrogens (tertiary/aromatic N) is 3. The summed E-state index contributed by atoms with van der Waals surface area (Å²) in [6.45, 7) is 0. The number of nitrogens with one attached hydrogen (secondary N) is 1. The van der Waals surface area contributed by atoms with Crippen LogP contribution in [0.3, 0.4) is 0 Å². The first-order valence-electron chi connectivity index (χ1n) is 5.97. The number of anilines is 2. The predicted octanol–water partition coefficient (Wildman–Crippen LogP) is 2.58. The Hall–Kier alpha value is -2.41. The quantitative estimate of drug-likeness (QED) is 0.870. The number of aryl methyl sites for hydroxylation is 2. The van der Waals surface area contributed by atoms with Gasteiger partial charge >= 0.3 is 0 Å². The molecular formula is C14H12N4. The fourth-order valence-electron chi connectivity index (χ4n) is 2.26. The van der Waals surface area contributed by atoms with Gasteiger partial charge < -0.3 is 5.32 Å². The Labute approximate surface area is 105 Å². The van der Waals surface area contributed by atoms with Crippen molar-refractivity contribution in [2.24, 2.45) is 0 Å². The second-order valence-electron chi connectivity index (χ2n) is 4.34. The van der Waals surface area contributed by atoms with Crippen molar-refractivity contribution in [1.82, 2.24) is 9.97 Å². The van der Waals surface area contributed by atoms with Gasteiger partial charge in [0.1, 0.15) is 11.8 Å². The van der Waals surface area contributed by atoms with Crippen LogP contribution < -0.4 is 5.32 Å². The molecule has 4 heteroatoms. The van der Waals surface area contributed by atoms with Crippen LogP contribution in [-0.4, -0.2) is 9.97 Å². The maximum atomic E-state index is 8.79. The fraction of sp³-hybridized carbons (Fsp3) is 0.214. The zero-order valence-corrected chi connectivity index (χ0v) is 9.85. The summed E-state index contributed by atoms with van der Waals surface area (Å²) in [5, 5.41) is 11.9. The van der Waals surface area contributed by atoms with Crippen molar-refractivity contribution in [3.63, 3.8) is 0 Å². The molecule has 4 nitrogen and oxygen atoms in total. The third-order valence-corrected chi connectivity index (χ3v) is 3.12. The zero-order chi connectivity index (χ0) is 12.4. The number of rotatable bonds is 2. The van der Waals surface area contributed by atoms with Crippen LogP contribution in [0.25, 0.3) is 0 Å². The number of hydrogen-bond acceptors (Lipinski definition) is 4. The van der Waals surface area contributed by atoms with Gasteiger partial charge in [-0.2, -0.15) is 5.26 Å². The highest BCUT2D eigenvalue weighted by atomic mass is 15.1. The molecule has 0 fully saturated rings. The number of benzene rings is 1. The van der Waals surface area contributed by atoms with Gasteiger partial charge in [0, 0.05) is 11.9 Å². The molecule has 2 aromatic rings. The highest BCUT2D eigenvalue weighted by molar-refractivity contribution is 5.56. The Morgan fingerprint density at radius 2 is 2.06 bits per heavy atom. The normalized spacial score (nSPS) is 12.8. The monoisotopic (exact) mass is 236 g/mol. The van der Waals surface area contributed by atoms with E-state index in [9.17, 15) is 0 Å². The molecule has 1 N–H and O–H groups in total. The van der Waals surface area contributed by atoms with E-state index in [2.05, 4.69) is 27.4 Å². The minimum Gasteiger partial charge on any atom is -0.324 e. The lowest BCUT2D eigenvalue weighted by molar-refractivity contribution is 0.912. The molecule has 1 aliphatic rings. The minimum absolute atomic E-state index is 0.369. The van der Waals surface area contributed by atoms with E-state index in [1.54, 1.807) is 12.3 Å². The van der Waals surface area contributed by atoms with Gasteiger partial charge in [-0.05, 0) is 48.6 Å². The van der Waals surface area contributed by atoms with E-state index < -0.39 is 0 Å². The average Bonchev–Trinajstić information content (AvgIpc) is 2.86. The molecule has 18 heavy (non-hydrogen) atoms. The summed E-state index contributed by atoms with van der Waals surface area (Å²) in [6, 6.07) is 9.92. The Morgan fingerprint density at radius 3 is 2.94 bits per heavy atom. The number of nitriles is 1. The first-order chi connectivity index (χ1) is 8.85. The number of aromatic nitrogens is 2. The van der Waals surface area contributed by atoms with Gasteiger partial charge in [0.25, 0.3) is 0 Å². The molecular weight excluding hydrogens is 224 g/mol. The van der Waals surface area contributed by atoms with E-state index in [0.29, 0.717) is 11.6 Å². The second-order valence-corrected chi connectivity index (χ2v) is 4.34. The van der Waals surface area contributed by atoms with Crippen LogP contribution in [0.15, 0.2) is 30.5 Å². The molecule has 0 aliphatic heterocycles. The van der Waals surface area contributed by atoms with E-state index >= 15 is 0 Å². The molecule has 1 heterocycles. The highest BCUT2D eigenvalue weighted by Crippen LogP contribution is 2.25. The van der Waals surface area contributed by atoms with Crippen molar-refractivity contribution in [2.75, 3.05) is 5.32 Å². The van der Waals surface area contributed by atoms with E-state index in [1.807, 2.05) is 12.1 Å². The molecule has 1 aliphatic carbocycles. The summed E-state index contributed by atoms with van der Waals surface area (Å²) in [7, 11) is 0. The molecule has 0 saturated carbocycles. The smallest absolute Gasteiger partial charge is 0.228 e. The van der Waals surface area contributed by atoms with Crippen LogP contribution in [-0.2, 0) is 12.8 Å². The molecule has 0 amide bonds. The first kappa shape index (κ1) is 10.7. The highest BCUT2D eigenvalue weighted by Gasteiger charge is 2.11. The zero-order valence-electron chi connectivity index (χ0n) is 9.85. The largest absolute Gasteiger partial charge is 0.324 e. The molecule has 88 valence electrons. The summed E-state index contributed by atoms with van der Waals surface area (Å²) in [5.74, 6) is 0.465. The second kappa shape index (κ2) is 4.46. The van der Waals surface area contributed by atoms with E-state index in [4.69, 9.17) is 5.26 Å². The third kappa shape index (κ3) is 2.03. The van der Waals surface area contributed by atoms with Gasteiger partial charge in [0.2, 0.25) is 5.95 Å². The van der Waals surface area contributed by atoms with Gasteiger partial charge in [-0.15, -0.1) is 0 Å². The summed E-state index contributed by atoms with van der Waals surface area (Å²) >= 11 is 0. The summed E-state index contributed by atoms with van der Waals surface area (Å²) < 4.78 is 0. The van der Waals surface area contributed by atoms with Crippen molar-refractivity contribution in [3.05, 3.63) is 47.3 Å². The molecule has 0 bridgehead atoms. The van der Waals surface area contributed by atoms with Crippen LogP contribution in [0.4, 0.5) is 11.6 Å². The summed E-state index contributed by atoms with van der Waals surface area (Å²) in [5.41, 5.74) is 4.18. The molecule has 0 radical (unpaired) electrons. The molecule has 0 atom stereocenters. The Morgan fingerprint density at radius 1 is 1.17 bits per heavy atom. The van der Waals surface area contributed by atoms with Crippen LogP contribution >= 0.6 is 0 Å². The lowest BCUT2D eigenvalue weighted by atomic mass is 10.1. The SMILES string of the molecule is N#Cc1ccnc(Nc2ccc3c(c2)CCC3)n1. The van der Waals surface area contributed by atoms with Crippen LogP contribution in [0.1, 0.15) is 23.2 Å². The lowest BCUT2D eigenvalue weighted by Crippen LogP contribution is -1.98. The fourth-order valence-corrected chi connectivity index (χ4v) is 2.26. The van der Waals surface area contributed by atoms with E-state index in [-0.39, 0.29) is 0 Å². The topological polar surface area (TPSA) is 61.6 Å². The van der Waals surface area contributed by atoms with Crippen LogP contribution in [0, 0.1) is 11.3 Å². The van der Waals surface area contributed by atoms with E-state index in [0.717, 1.165) is 12.1 Å². The molecule has 3 rings (SSSR count). The van der Waals surface area contributed by atoms with E-state index in [1.165, 1.54) is 24.0 Å². The molecule has 1 aromatic carbocycles. The molecule has 1 aromatic heterocycles. The van der Waals surface area contributed by atoms with Crippen molar-refractivity contribution >= 4 is 11.6 Å². The average molecular weight is 236 g/mol. The summed E-state index contributed by atoms with van der Waals surface area (Å²) in [4.78, 5) is 8.20. The Kier molecular flexibility index (Phi) is 2.66. The van der Waals surface area contributed by atoms with Gasteiger partial charge in [0.15, 0.2) is 0 Å². The number of fused-ring (bicyclic) bond motifs is 1. The van der Waals surface area contributed by atoms with Gasteiger partial charge in [0.05, 0.1) is 0 Å². The van der Waals surface area contributed by atoms with Crippen molar-refractivity contribution < 1.29 is 0 Å². The Balaban J connectivity index is 1.86. The number of hydrogen-bond donors (Lipinski definition) is 1. The minimum atomic E-state index is 0.369. The Bertz CT molecular complexity index is 628. The molecule has 0 spiro atoms. The standard InChI is InChI=1S/C14H12N4/c15-9-13-6-7-16-14(18-13)17-12-5-4-10-2-1-3-11(10)8-12/h4-8H,1-3H2,(H,16,17,18). The van der Waals surface area contributed by atoms with Gasteiger partial charge in [-0.1, -0.05) is 6.07 Å². The van der Waals surface area contributed by atoms with Crippen molar-refractivity contribution in [3.8, 4) is 6.07 Å². The maximum Gasteiger partial charge on any atom is 0.228 e.